The van der Waals surface area contributed by atoms with Gasteiger partial charge in [-0.2, -0.15) is 5.26 Å². The minimum atomic E-state index is 0.463. The van der Waals surface area contributed by atoms with Crippen molar-refractivity contribution in [3.63, 3.8) is 0 Å². The molecule has 0 aliphatic heterocycles. The number of halogens is 1. The van der Waals surface area contributed by atoms with Gasteiger partial charge in [-0.05, 0) is 37.3 Å². The van der Waals surface area contributed by atoms with Gasteiger partial charge in [0.25, 0.3) is 0 Å². The molecule has 0 aliphatic rings. The first-order chi connectivity index (χ1) is 8.19. The van der Waals surface area contributed by atoms with Crippen molar-refractivity contribution in [1.82, 2.24) is 0 Å². The predicted octanol–water partition coefficient (Wildman–Crippen LogP) is 4.26. The standard InChI is InChI=1S/C14H11ClN2/c1-10-2-5-12(6-3-10)17-13-7-4-11(9-16)14(15)8-13/h2-8,17H,1H3. The zero-order valence-corrected chi connectivity index (χ0v) is 10.1. The van der Waals surface area contributed by atoms with Crippen LogP contribution in [0.25, 0.3) is 0 Å². The summed E-state index contributed by atoms with van der Waals surface area (Å²) in [6.07, 6.45) is 0. The normalized spacial score (nSPS) is 9.71. The second-order valence-corrected chi connectivity index (χ2v) is 4.20. The molecule has 3 heteroatoms. The highest BCUT2D eigenvalue weighted by Crippen LogP contribution is 2.23. The summed E-state index contributed by atoms with van der Waals surface area (Å²) in [7, 11) is 0. The van der Waals surface area contributed by atoms with Gasteiger partial charge in [-0.15, -0.1) is 0 Å². The number of aryl methyl sites for hydroxylation is 1. The van der Waals surface area contributed by atoms with Crippen molar-refractivity contribution in [2.75, 3.05) is 5.32 Å². The highest BCUT2D eigenvalue weighted by Gasteiger charge is 2.01. The Morgan fingerprint density at radius 2 is 1.71 bits per heavy atom. The first-order valence-electron chi connectivity index (χ1n) is 5.22. The summed E-state index contributed by atoms with van der Waals surface area (Å²) >= 11 is 5.96. The summed E-state index contributed by atoms with van der Waals surface area (Å²) < 4.78 is 0. The van der Waals surface area contributed by atoms with E-state index in [0.717, 1.165) is 11.4 Å². The van der Waals surface area contributed by atoms with Crippen LogP contribution >= 0.6 is 11.6 Å². The van der Waals surface area contributed by atoms with Crippen molar-refractivity contribution in [2.24, 2.45) is 0 Å². The molecule has 0 fully saturated rings. The fraction of sp³-hybridized carbons (Fsp3) is 0.0714. The molecule has 2 aromatic carbocycles. The van der Waals surface area contributed by atoms with E-state index in [-0.39, 0.29) is 0 Å². The summed E-state index contributed by atoms with van der Waals surface area (Å²) in [5, 5.41) is 12.5. The van der Waals surface area contributed by atoms with Crippen molar-refractivity contribution >= 4 is 23.0 Å². The van der Waals surface area contributed by atoms with Crippen LogP contribution in [-0.4, -0.2) is 0 Å². The predicted molar refractivity (Wildman–Crippen MR) is 70.6 cm³/mol. The van der Waals surface area contributed by atoms with Gasteiger partial charge in [0, 0.05) is 11.4 Å². The Kier molecular flexibility index (Phi) is 3.32. The zero-order valence-electron chi connectivity index (χ0n) is 9.37. The fourth-order valence-corrected chi connectivity index (χ4v) is 1.71. The van der Waals surface area contributed by atoms with Gasteiger partial charge < -0.3 is 5.32 Å². The summed E-state index contributed by atoms with van der Waals surface area (Å²) in [6.45, 7) is 2.04. The van der Waals surface area contributed by atoms with Gasteiger partial charge in [-0.1, -0.05) is 29.3 Å². The Balaban J connectivity index is 2.22. The molecule has 0 saturated carbocycles. The van der Waals surface area contributed by atoms with Crippen LogP contribution in [0.15, 0.2) is 42.5 Å². The van der Waals surface area contributed by atoms with Gasteiger partial charge in [-0.25, -0.2) is 0 Å². The Morgan fingerprint density at radius 1 is 1.06 bits per heavy atom. The van der Waals surface area contributed by atoms with E-state index in [1.165, 1.54) is 5.56 Å². The van der Waals surface area contributed by atoms with Crippen LogP contribution < -0.4 is 5.32 Å². The van der Waals surface area contributed by atoms with Crippen LogP contribution in [0.2, 0.25) is 5.02 Å². The molecule has 2 rings (SSSR count). The lowest BCUT2D eigenvalue weighted by molar-refractivity contribution is 1.45. The molecule has 0 bridgehead atoms. The summed E-state index contributed by atoms with van der Waals surface area (Å²) in [5.74, 6) is 0. The summed E-state index contributed by atoms with van der Waals surface area (Å²) in [5.41, 5.74) is 3.57. The first-order valence-corrected chi connectivity index (χ1v) is 5.60. The smallest absolute Gasteiger partial charge is 0.101 e. The molecule has 0 radical (unpaired) electrons. The summed E-state index contributed by atoms with van der Waals surface area (Å²) in [6, 6.07) is 15.4. The van der Waals surface area contributed by atoms with E-state index in [9.17, 15) is 0 Å². The van der Waals surface area contributed by atoms with Gasteiger partial charge in [0.05, 0.1) is 10.6 Å². The molecule has 0 spiro atoms. The van der Waals surface area contributed by atoms with Crippen LogP contribution in [0.3, 0.4) is 0 Å². The van der Waals surface area contributed by atoms with Crippen molar-refractivity contribution in [2.45, 2.75) is 6.92 Å². The van der Waals surface area contributed by atoms with Gasteiger partial charge in [0.2, 0.25) is 0 Å². The van der Waals surface area contributed by atoms with Crippen molar-refractivity contribution < 1.29 is 0 Å². The SMILES string of the molecule is Cc1ccc(Nc2ccc(C#N)c(Cl)c2)cc1. The summed E-state index contributed by atoms with van der Waals surface area (Å²) in [4.78, 5) is 0. The zero-order chi connectivity index (χ0) is 12.3. The average Bonchev–Trinajstić information content (AvgIpc) is 2.32. The molecule has 0 amide bonds. The van der Waals surface area contributed by atoms with E-state index in [2.05, 4.69) is 5.32 Å². The molecule has 2 nitrogen and oxygen atoms in total. The first kappa shape index (κ1) is 11.5. The molecule has 2 aromatic rings. The third kappa shape index (κ3) is 2.77. The van der Waals surface area contributed by atoms with E-state index in [4.69, 9.17) is 16.9 Å². The minimum absolute atomic E-state index is 0.463. The molecule has 84 valence electrons. The molecule has 0 aromatic heterocycles. The Labute approximate surface area is 105 Å². The lowest BCUT2D eigenvalue weighted by Gasteiger charge is -2.07. The van der Waals surface area contributed by atoms with Gasteiger partial charge in [-0.3, -0.25) is 0 Å². The number of hydrogen-bond donors (Lipinski definition) is 1. The maximum absolute atomic E-state index is 8.77. The maximum Gasteiger partial charge on any atom is 0.101 e. The molecule has 0 aliphatic carbocycles. The van der Waals surface area contributed by atoms with E-state index >= 15 is 0 Å². The number of benzene rings is 2. The quantitative estimate of drug-likeness (QED) is 0.854. The van der Waals surface area contributed by atoms with Crippen molar-refractivity contribution in [1.29, 1.82) is 5.26 Å². The Morgan fingerprint density at radius 3 is 2.29 bits per heavy atom. The number of hydrogen-bond acceptors (Lipinski definition) is 2. The lowest BCUT2D eigenvalue weighted by Crippen LogP contribution is -1.90. The number of nitrogens with zero attached hydrogens (tertiary/aromatic N) is 1. The molecule has 0 saturated heterocycles. The van der Waals surface area contributed by atoms with Crippen LogP contribution in [0.5, 0.6) is 0 Å². The Hall–Kier alpha value is -1.98. The highest BCUT2D eigenvalue weighted by atomic mass is 35.5. The third-order valence-electron chi connectivity index (χ3n) is 2.43. The van der Waals surface area contributed by atoms with Crippen LogP contribution in [-0.2, 0) is 0 Å². The van der Waals surface area contributed by atoms with E-state index < -0.39 is 0 Å². The minimum Gasteiger partial charge on any atom is -0.355 e. The topological polar surface area (TPSA) is 35.8 Å². The lowest BCUT2D eigenvalue weighted by atomic mass is 10.2. The largest absolute Gasteiger partial charge is 0.355 e. The maximum atomic E-state index is 8.77. The number of nitrogens with one attached hydrogen (secondary N) is 1. The van der Waals surface area contributed by atoms with Crippen LogP contribution in [0.4, 0.5) is 11.4 Å². The molecule has 1 N–H and O–H groups in total. The number of anilines is 2. The molecule has 0 unspecified atom stereocenters. The second-order valence-electron chi connectivity index (χ2n) is 3.80. The molecular weight excluding hydrogens is 232 g/mol. The van der Waals surface area contributed by atoms with E-state index in [1.54, 1.807) is 12.1 Å². The molecule has 17 heavy (non-hydrogen) atoms. The second kappa shape index (κ2) is 4.90. The fourth-order valence-electron chi connectivity index (χ4n) is 1.49. The average molecular weight is 243 g/mol. The number of rotatable bonds is 2. The number of nitriles is 1. The van der Waals surface area contributed by atoms with E-state index in [1.807, 2.05) is 43.3 Å². The Bertz CT molecular complexity index is 568. The monoisotopic (exact) mass is 242 g/mol. The van der Waals surface area contributed by atoms with Crippen LogP contribution in [0, 0.1) is 18.3 Å². The van der Waals surface area contributed by atoms with Gasteiger partial charge >= 0.3 is 0 Å². The molecular formula is C14H11ClN2. The van der Waals surface area contributed by atoms with Gasteiger partial charge in [0.1, 0.15) is 6.07 Å². The van der Waals surface area contributed by atoms with Crippen molar-refractivity contribution in [3.05, 3.63) is 58.6 Å². The van der Waals surface area contributed by atoms with Crippen LogP contribution in [0.1, 0.15) is 11.1 Å². The highest BCUT2D eigenvalue weighted by molar-refractivity contribution is 6.32. The molecule has 0 heterocycles. The van der Waals surface area contributed by atoms with E-state index in [0.29, 0.717) is 10.6 Å². The van der Waals surface area contributed by atoms with Crippen molar-refractivity contribution in [3.8, 4) is 6.07 Å². The van der Waals surface area contributed by atoms with Gasteiger partial charge in [0.15, 0.2) is 0 Å². The molecule has 0 atom stereocenters. The third-order valence-corrected chi connectivity index (χ3v) is 2.74.